The lowest BCUT2D eigenvalue weighted by Crippen LogP contribution is -2.29. The number of halogens is 3. The standard InChI is InChI=1S/C16H23F3N2/c1-11(2)21-10-12(6-5-9-20-3)15-13(16(17,18)19)7-4-8-14(15)21/h4,7-8,11-12,20H,5-6,9-10H2,1-3H3. The Bertz CT molecular complexity index is 483. The van der Waals surface area contributed by atoms with E-state index in [1.54, 1.807) is 0 Å². The van der Waals surface area contributed by atoms with E-state index in [0.29, 0.717) is 12.1 Å². The molecule has 2 rings (SSSR count). The molecule has 1 unspecified atom stereocenters. The maximum absolute atomic E-state index is 13.3. The van der Waals surface area contributed by atoms with E-state index in [1.165, 1.54) is 12.1 Å². The zero-order valence-electron chi connectivity index (χ0n) is 12.8. The fraction of sp³-hybridized carbons (Fsp3) is 0.625. The Morgan fingerprint density at radius 3 is 2.62 bits per heavy atom. The molecule has 0 aromatic heterocycles. The van der Waals surface area contributed by atoms with E-state index in [1.807, 2.05) is 27.0 Å². The Morgan fingerprint density at radius 1 is 1.33 bits per heavy atom. The lowest BCUT2D eigenvalue weighted by molar-refractivity contribution is -0.138. The van der Waals surface area contributed by atoms with Crippen LogP contribution in [0.25, 0.3) is 0 Å². The fourth-order valence-corrected chi connectivity index (χ4v) is 3.16. The highest BCUT2D eigenvalue weighted by molar-refractivity contribution is 5.64. The Kier molecular flexibility index (Phi) is 4.81. The minimum Gasteiger partial charge on any atom is -0.368 e. The van der Waals surface area contributed by atoms with Crippen molar-refractivity contribution in [2.45, 2.75) is 44.8 Å². The summed E-state index contributed by atoms with van der Waals surface area (Å²) in [6, 6.07) is 4.77. The molecule has 1 atom stereocenters. The molecule has 1 aromatic rings. The second kappa shape index (κ2) is 6.26. The highest BCUT2D eigenvalue weighted by atomic mass is 19.4. The molecule has 21 heavy (non-hydrogen) atoms. The smallest absolute Gasteiger partial charge is 0.368 e. The van der Waals surface area contributed by atoms with E-state index in [0.717, 1.165) is 25.1 Å². The zero-order valence-corrected chi connectivity index (χ0v) is 12.8. The Labute approximate surface area is 124 Å². The van der Waals surface area contributed by atoms with Gasteiger partial charge in [-0.1, -0.05) is 6.07 Å². The van der Waals surface area contributed by atoms with Crippen LogP contribution in [0.3, 0.4) is 0 Å². The molecule has 0 fully saturated rings. The van der Waals surface area contributed by atoms with Crippen molar-refractivity contribution >= 4 is 5.69 Å². The monoisotopic (exact) mass is 300 g/mol. The van der Waals surface area contributed by atoms with E-state index in [2.05, 4.69) is 10.2 Å². The number of rotatable bonds is 5. The molecule has 1 heterocycles. The topological polar surface area (TPSA) is 15.3 Å². The highest BCUT2D eigenvalue weighted by Gasteiger charge is 2.40. The highest BCUT2D eigenvalue weighted by Crippen LogP contribution is 2.46. The number of hydrogen-bond donors (Lipinski definition) is 1. The zero-order chi connectivity index (χ0) is 15.6. The molecule has 1 aromatic carbocycles. The SMILES string of the molecule is CNCCCC1CN(C(C)C)c2cccc(C(F)(F)F)c21. The molecule has 0 aliphatic carbocycles. The molecule has 0 saturated carbocycles. The third-order valence-corrected chi connectivity index (χ3v) is 4.13. The first-order chi connectivity index (χ1) is 9.86. The van der Waals surface area contributed by atoms with Crippen LogP contribution < -0.4 is 10.2 Å². The van der Waals surface area contributed by atoms with E-state index in [4.69, 9.17) is 0 Å². The third-order valence-electron chi connectivity index (χ3n) is 4.13. The number of hydrogen-bond acceptors (Lipinski definition) is 2. The fourth-order valence-electron chi connectivity index (χ4n) is 3.16. The maximum atomic E-state index is 13.3. The number of fused-ring (bicyclic) bond motifs is 1. The summed E-state index contributed by atoms with van der Waals surface area (Å²) in [5, 5.41) is 3.06. The first-order valence-corrected chi connectivity index (χ1v) is 7.47. The quantitative estimate of drug-likeness (QED) is 0.826. The van der Waals surface area contributed by atoms with E-state index < -0.39 is 11.7 Å². The van der Waals surface area contributed by atoms with Gasteiger partial charge in [-0.25, -0.2) is 0 Å². The van der Waals surface area contributed by atoms with Crippen molar-refractivity contribution in [2.24, 2.45) is 0 Å². The van der Waals surface area contributed by atoms with Crippen molar-refractivity contribution in [3.63, 3.8) is 0 Å². The minimum atomic E-state index is -4.28. The summed E-state index contributed by atoms with van der Waals surface area (Å²) in [5.41, 5.74) is 0.793. The van der Waals surface area contributed by atoms with Gasteiger partial charge < -0.3 is 10.2 Å². The summed E-state index contributed by atoms with van der Waals surface area (Å²) >= 11 is 0. The maximum Gasteiger partial charge on any atom is 0.416 e. The van der Waals surface area contributed by atoms with Crippen molar-refractivity contribution in [3.8, 4) is 0 Å². The van der Waals surface area contributed by atoms with Gasteiger partial charge in [0, 0.05) is 24.2 Å². The van der Waals surface area contributed by atoms with Crippen LogP contribution in [0, 0.1) is 0 Å². The predicted molar refractivity (Wildman–Crippen MR) is 79.8 cm³/mol. The normalized spacial score (nSPS) is 18.4. The average Bonchev–Trinajstić information content (AvgIpc) is 2.77. The molecule has 118 valence electrons. The van der Waals surface area contributed by atoms with Crippen molar-refractivity contribution < 1.29 is 13.2 Å². The van der Waals surface area contributed by atoms with Gasteiger partial charge in [0.1, 0.15) is 0 Å². The van der Waals surface area contributed by atoms with Crippen LogP contribution in [-0.2, 0) is 6.18 Å². The van der Waals surface area contributed by atoms with Crippen molar-refractivity contribution in [2.75, 3.05) is 25.0 Å². The molecule has 2 nitrogen and oxygen atoms in total. The van der Waals surface area contributed by atoms with Crippen LogP contribution >= 0.6 is 0 Å². The predicted octanol–water partition coefficient (Wildman–Crippen LogP) is 4.02. The molecule has 0 saturated heterocycles. The molecular weight excluding hydrogens is 277 g/mol. The van der Waals surface area contributed by atoms with Gasteiger partial charge in [-0.2, -0.15) is 13.2 Å². The lowest BCUT2D eigenvalue weighted by Gasteiger charge is -2.24. The number of nitrogens with one attached hydrogen (secondary N) is 1. The summed E-state index contributed by atoms with van der Waals surface area (Å²) in [5.74, 6) is -0.0337. The van der Waals surface area contributed by atoms with E-state index in [-0.39, 0.29) is 12.0 Å². The molecule has 5 heteroatoms. The molecule has 0 bridgehead atoms. The Balaban J connectivity index is 2.38. The summed E-state index contributed by atoms with van der Waals surface area (Å²) in [6.07, 6.45) is -2.61. The van der Waals surface area contributed by atoms with E-state index >= 15 is 0 Å². The average molecular weight is 300 g/mol. The van der Waals surface area contributed by atoms with Crippen LogP contribution in [0.2, 0.25) is 0 Å². The van der Waals surface area contributed by atoms with Crippen molar-refractivity contribution in [3.05, 3.63) is 29.3 Å². The van der Waals surface area contributed by atoms with Gasteiger partial charge >= 0.3 is 6.18 Å². The van der Waals surface area contributed by atoms with Gasteiger partial charge in [0.15, 0.2) is 0 Å². The molecule has 1 aliphatic heterocycles. The summed E-state index contributed by atoms with van der Waals surface area (Å²) in [7, 11) is 1.87. The minimum absolute atomic E-state index is 0.0337. The molecule has 1 N–H and O–H groups in total. The largest absolute Gasteiger partial charge is 0.416 e. The van der Waals surface area contributed by atoms with Crippen molar-refractivity contribution in [1.82, 2.24) is 5.32 Å². The number of alkyl halides is 3. The van der Waals surface area contributed by atoms with Gasteiger partial charge in [0.05, 0.1) is 5.56 Å². The second-order valence-electron chi connectivity index (χ2n) is 5.92. The van der Waals surface area contributed by atoms with Gasteiger partial charge in [-0.3, -0.25) is 0 Å². The molecular formula is C16H23F3N2. The van der Waals surface area contributed by atoms with Gasteiger partial charge in [0.25, 0.3) is 0 Å². The van der Waals surface area contributed by atoms with Crippen LogP contribution in [0.1, 0.15) is 43.7 Å². The van der Waals surface area contributed by atoms with E-state index in [9.17, 15) is 13.2 Å². The molecule has 0 spiro atoms. The van der Waals surface area contributed by atoms with Crippen LogP contribution in [0.5, 0.6) is 0 Å². The van der Waals surface area contributed by atoms with Gasteiger partial charge in [-0.05, 0) is 58.0 Å². The summed E-state index contributed by atoms with van der Waals surface area (Å²) < 4.78 is 39.9. The van der Waals surface area contributed by atoms with Crippen LogP contribution in [0.15, 0.2) is 18.2 Å². The lowest BCUT2D eigenvalue weighted by atomic mass is 9.92. The molecule has 1 aliphatic rings. The molecule has 0 radical (unpaired) electrons. The van der Waals surface area contributed by atoms with Crippen LogP contribution in [-0.4, -0.2) is 26.2 Å². The van der Waals surface area contributed by atoms with Crippen LogP contribution in [0.4, 0.5) is 18.9 Å². The second-order valence-corrected chi connectivity index (χ2v) is 5.92. The van der Waals surface area contributed by atoms with Gasteiger partial charge in [-0.15, -0.1) is 0 Å². The number of anilines is 1. The Morgan fingerprint density at radius 2 is 2.05 bits per heavy atom. The summed E-state index contributed by atoms with van der Waals surface area (Å²) in [6.45, 7) is 5.57. The van der Waals surface area contributed by atoms with Gasteiger partial charge in [0.2, 0.25) is 0 Å². The number of nitrogens with zero attached hydrogens (tertiary/aromatic N) is 1. The number of benzene rings is 1. The molecule has 0 amide bonds. The Hall–Kier alpha value is -1.23. The first-order valence-electron chi connectivity index (χ1n) is 7.47. The third kappa shape index (κ3) is 3.34. The summed E-state index contributed by atoms with van der Waals surface area (Å²) in [4.78, 5) is 2.09. The van der Waals surface area contributed by atoms with Crippen molar-refractivity contribution in [1.29, 1.82) is 0 Å². The first kappa shape index (κ1) is 16.1.